The van der Waals surface area contributed by atoms with Crippen molar-refractivity contribution < 1.29 is 9.53 Å². The van der Waals surface area contributed by atoms with Crippen molar-refractivity contribution in [3.05, 3.63) is 0 Å². The van der Waals surface area contributed by atoms with Gasteiger partial charge in [-0.3, -0.25) is 4.90 Å². The lowest BCUT2D eigenvalue weighted by Gasteiger charge is -2.50. The third kappa shape index (κ3) is 3.53. The molecule has 0 saturated carbocycles. The number of likely N-dealkylation sites (tertiary alicyclic amines) is 1. The van der Waals surface area contributed by atoms with Gasteiger partial charge in [-0.05, 0) is 32.0 Å². The normalized spacial score (nSPS) is 21.7. The van der Waals surface area contributed by atoms with E-state index >= 15 is 0 Å². The average Bonchev–Trinajstić information content (AvgIpc) is 2.08. The van der Waals surface area contributed by atoms with Gasteiger partial charge in [0.25, 0.3) is 0 Å². The average molecular weight is 259 g/mol. The molecule has 1 heterocycles. The Balaban J connectivity index is 2.43. The van der Waals surface area contributed by atoms with E-state index in [1.165, 1.54) is 0 Å². The fraction of sp³-hybridized carbons (Fsp3) is 1.00. The van der Waals surface area contributed by atoms with E-state index in [2.05, 4.69) is 52.6 Å². The summed E-state index contributed by atoms with van der Waals surface area (Å²) in [5.74, 6) is 0. The predicted molar refractivity (Wildman–Crippen MR) is 74.8 cm³/mol. The lowest BCUT2D eigenvalue weighted by Crippen LogP contribution is -2.66. The molecule has 102 valence electrons. The largest absolute Gasteiger partial charge is 0.414 e. The van der Waals surface area contributed by atoms with Gasteiger partial charge < -0.3 is 9.53 Å². The second kappa shape index (κ2) is 4.65. The first-order valence-electron chi connectivity index (χ1n) is 6.57. The number of β-amino-alcohol motifs (C(OH)–C–C–N with tert-alkyl or cyclic N) is 1. The summed E-state index contributed by atoms with van der Waals surface area (Å²) in [6.07, 6.45) is 0. The molecule has 1 fully saturated rings. The molecule has 1 N–H and O–H groups in total. The van der Waals surface area contributed by atoms with Crippen LogP contribution in [-0.4, -0.2) is 49.7 Å². The zero-order valence-corrected chi connectivity index (χ0v) is 13.5. The molecule has 0 radical (unpaired) electrons. The van der Waals surface area contributed by atoms with Crippen LogP contribution in [0, 0.1) is 0 Å². The molecule has 17 heavy (non-hydrogen) atoms. The Hall–Kier alpha value is 0.0969. The quantitative estimate of drug-likeness (QED) is 0.787. The number of rotatable bonds is 4. The van der Waals surface area contributed by atoms with Crippen LogP contribution in [0.2, 0.25) is 18.1 Å². The Morgan fingerprint density at radius 3 is 2.12 bits per heavy atom. The van der Waals surface area contributed by atoms with Crippen LogP contribution in [0.5, 0.6) is 0 Å². The van der Waals surface area contributed by atoms with E-state index in [0.29, 0.717) is 12.6 Å². The molecule has 1 rings (SSSR count). The number of aliphatic hydroxyl groups is 1. The maximum Gasteiger partial charge on any atom is 0.192 e. The molecule has 1 saturated heterocycles. The van der Waals surface area contributed by atoms with Crippen molar-refractivity contribution in [1.82, 2.24) is 4.90 Å². The van der Waals surface area contributed by atoms with Crippen molar-refractivity contribution in [2.45, 2.75) is 64.4 Å². The first-order valence-corrected chi connectivity index (χ1v) is 9.48. The standard InChI is InChI=1S/C13H29NO2Si/c1-11(2)14-8-13(15,9-14)10-16-17(6,7)12(3,4)5/h11,15H,8-10H2,1-7H3. The second-order valence-electron chi connectivity index (χ2n) is 7.27. The summed E-state index contributed by atoms with van der Waals surface area (Å²) in [6, 6.07) is 0.517. The summed E-state index contributed by atoms with van der Waals surface area (Å²) in [7, 11) is -1.72. The molecule has 1 aliphatic rings. The van der Waals surface area contributed by atoms with Crippen molar-refractivity contribution in [2.75, 3.05) is 19.7 Å². The number of nitrogens with zero attached hydrogens (tertiary/aromatic N) is 1. The van der Waals surface area contributed by atoms with E-state index in [0.717, 1.165) is 13.1 Å². The molecule has 0 aliphatic carbocycles. The van der Waals surface area contributed by atoms with Crippen LogP contribution in [0.25, 0.3) is 0 Å². The Kier molecular flexibility index (Phi) is 4.14. The summed E-state index contributed by atoms with van der Waals surface area (Å²) >= 11 is 0. The third-order valence-electron chi connectivity index (χ3n) is 4.23. The Labute approximate surface area is 107 Å². The molecule has 0 aromatic rings. The zero-order valence-electron chi connectivity index (χ0n) is 12.5. The van der Waals surface area contributed by atoms with Crippen LogP contribution in [0.3, 0.4) is 0 Å². The minimum absolute atomic E-state index is 0.213. The van der Waals surface area contributed by atoms with E-state index in [1.807, 2.05) is 0 Å². The summed E-state index contributed by atoms with van der Waals surface area (Å²) in [6.45, 7) is 17.5. The molecule has 0 unspecified atom stereocenters. The molecule has 0 bridgehead atoms. The maximum absolute atomic E-state index is 10.3. The van der Waals surface area contributed by atoms with Crippen molar-refractivity contribution in [2.24, 2.45) is 0 Å². The highest BCUT2D eigenvalue weighted by molar-refractivity contribution is 6.74. The Bertz CT molecular complexity index is 265. The Morgan fingerprint density at radius 2 is 1.76 bits per heavy atom. The predicted octanol–water partition coefficient (Wildman–Crippen LogP) is 2.46. The minimum atomic E-state index is -1.72. The van der Waals surface area contributed by atoms with Crippen LogP contribution in [-0.2, 0) is 4.43 Å². The van der Waals surface area contributed by atoms with Crippen molar-refractivity contribution >= 4 is 8.32 Å². The van der Waals surface area contributed by atoms with Gasteiger partial charge in [0.2, 0.25) is 0 Å². The molecular weight excluding hydrogens is 230 g/mol. The van der Waals surface area contributed by atoms with E-state index < -0.39 is 13.9 Å². The second-order valence-corrected chi connectivity index (χ2v) is 12.1. The summed E-state index contributed by atoms with van der Waals surface area (Å²) in [5, 5.41) is 10.5. The van der Waals surface area contributed by atoms with Gasteiger partial charge in [-0.1, -0.05) is 20.8 Å². The highest BCUT2D eigenvalue weighted by atomic mass is 28.4. The minimum Gasteiger partial charge on any atom is -0.414 e. The van der Waals surface area contributed by atoms with Crippen LogP contribution in [0.4, 0.5) is 0 Å². The SMILES string of the molecule is CC(C)N1CC(O)(CO[Si](C)(C)C(C)(C)C)C1. The molecule has 3 nitrogen and oxygen atoms in total. The topological polar surface area (TPSA) is 32.7 Å². The van der Waals surface area contributed by atoms with Gasteiger partial charge in [0.05, 0.1) is 6.61 Å². The van der Waals surface area contributed by atoms with Gasteiger partial charge in [-0.25, -0.2) is 0 Å². The third-order valence-corrected chi connectivity index (χ3v) is 8.71. The van der Waals surface area contributed by atoms with Gasteiger partial charge >= 0.3 is 0 Å². The molecular formula is C13H29NO2Si. The lowest BCUT2D eigenvalue weighted by molar-refractivity contribution is -0.132. The van der Waals surface area contributed by atoms with Crippen LogP contribution in [0.15, 0.2) is 0 Å². The van der Waals surface area contributed by atoms with Crippen LogP contribution < -0.4 is 0 Å². The van der Waals surface area contributed by atoms with Gasteiger partial charge in [-0.2, -0.15) is 0 Å². The van der Waals surface area contributed by atoms with Gasteiger partial charge in [-0.15, -0.1) is 0 Å². The number of hydrogen-bond acceptors (Lipinski definition) is 3. The van der Waals surface area contributed by atoms with Crippen LogP contribution in [0.1, 0.15) is 34.6 Å². The fourth-order valence-electron chi connectivity index (χ4n) is 1.70. The highest BCUT2D eigenvalue weighted by Gasteiger charge is 2.45. The first kappa shape index (κ1) is 15.2. The summed E-state index contributed by atoms with van der Waals surface area (Å²) < 4.78 is 6.09. The van der Waals surface area contributed by atoms with E-state index in [-0.39, 0.29) is 5.04 Å². The molecule has 0 atom stereocenters. The summed E-state index contributed by atoms with van der Waals surface area (Å²) in [5.41, 5.74) is -0.611. The lowest BCUT2D eigenvalue weighted by atomic mass is 9.94. The monoisotopic (exact) mass is 259 g/mol. The van der Waals surface area contributed by atoms with Crippen LogP contribution >= 0.6 is 0 Å². The highest BCUT2D eigenvalue weighted by Crippen LogP contribution is 2.37. The van der Waals surface area contributed by atoms with Gasteiger partial charge in [0.15, 0.2) is 8.32 Å². The fourth-order valence-corrected chi connectivity index (χ4v) is 2.76. The molecule has 0 aromatic carbocycles. The van der Waals surface area contributed by atoms with E-state index in [4.69, 9.17) is 4.43 Å². The zero-order chi connectivity index (χ0) is 13.5. The molecule has 0 aromatic heterocycles. The first-order chi connectivity index (χ1) is 7.47. The summed E-state index contributed by atoms with van der Waals surface area (Å²) in [4.78, 5) is 2.27. The van der Waals surface area contributed by atoms with E-state index in [1.54, 1.807) is 0 Å². The molecule has 1 aliphatic heterocycles. The van der Waals surface area contributed by atoms with Gasteiger partial charge in [0, 0.05) is 19.1 Å². The van der Waals surface area contributed by atoms with E-state index in [9.17, 15) is 5.11 Å². The molecule has 0 amide bonds. The molecule has 4 heteroatoms. The van der Waals surface area contributed by atoms with Crippen molar-refractivity contribution in [3.63, 3.8) is 0 Å². The maximum atomic E-state index is 10.3. The molecule has 0 spiro atoms. The van der Waals surface area contributed by atoms with Gasteiger partial charge in [0.1, 0.15) is 5.60 Å². The smallest absolute Gasteiger partial charge is 0.192 e. The Morgan fingerprint density at radius 1 is 1.29 bits per heavy atom. The van der Waals surface area contributed by atoms with Crippen molar-refractivity contribution in [3.8, 4) is 0 Å². The number of hydrogen-bond donors (Lipinski definition) is 1. The van der Waals surface area contributed by atoms with Crippen molar-refractivity contribution in [1.29, 1.82) is 0 Å².